The van der Waals surface area contributed by atoms with Gasteiger partial charge in [-0.3, -0.25) is 4.72 Å². The van der Waals surface area contributed by atoms with Gasteiger partial charge in [0.25, 0.3) is 10.0 Å². The number of aromatic nitrogens is 3. The molecule has 0 unspecified atom stereocenters. The van der Waals surface area contributed by atoms with E-state index in [-0.39, 0.29) is 4.90 Å². The van der Waals surface area contributed by atoms with Gasteiger partial charge in [0, 0.05) is 23.6 Å². The van der Waals surface area contributed by atoms with Gasteiger partial charge in [0.1, 0.15) is 35.3 Å². The molecule has 0 fully saturated rings. The summed E-state index contributed by atoms with van der Waals surface area (Å²) in [6, 6.07) is 28.0. The van der Waals surface area contributed by atoms with Gasteiger partial charge in [0.15, 0.2) is 0 Å². The van der Waals surface area contributed by atoms with Crippen LogP contribution in [0.1, 0.15) is 5.56 Å². The molecule has 0 bridgehead atoms. The molecule has 0 atom stereocenters. The van der Waals surface area contributed by atoms with Crippen molar-refractivity contribution in [3.8, 4) is 11.5 Å². The van der Waals surface area contributed by atoms with E-state index in [0.717, 1.165) is 11.3 Å². The van der Waals surface area contributed by atoms with E-state index in [9.17, 15) is 8.42 Å². The van der Waals surface area contributed by atoms with Crippen LogP contribution in [0.25, 0.3) is 0 Å². The van der Waals surface area contributed by atoms with E-state index < -0.39 is 10.0 Å². The van der Waals surface area contributed by atoms with Crippen LogP contribution in [0.15, 0.2) is 114 Å². The zero-order valence-corrected chi connectivity index (χ0v) is 21.2. The highest BCUT2D eigenvalue weighted by Gasteiger charge is 2.14. The Balaban J connectivity index is 1.21. The lowest BCUT2D eigenvalue weighted by Gasteiger charge is -2.11. The SMILES string of the molecule is Cc1ccnc(Nc2cc(Nc3ccc(NS(=O)(=O)c4ccc(Oc5ccccc5)cc4)cc3)ncn2)c1. The Morgan fingerprint density at radius 2 is 1.29 bits per heavy atom. The van der Waals surface area contributed by atoms with E-state index in [4.69, 9.17) is 4.74 Å². The number of benzene rings is 3. The summed E-state index contributed by atoms with van der Waals surface area (Å²) in [6.45, 7) is 1.99. The predicted molar refractivity (Wildman–Crippen MR) is 148 cm³/mol. The van der Waals surface area contributed by atoms with Crippen LogP contribution in [0, 0.1) is 6.92 Å². The molecule has 0 saturated carbocycles. The fourth-order valence-electron chi connectivity index (χ4n) is 3.52. The van der Waals surface area contributed by atoms with Crippen molar-refractivity contribution < 1.29 is 13.2 Å². The highest BCUT2D eigenvalue weighted by atomic mass is 32.2. The lowest BCUT2D eigenvalue weighted by atomic mass is 10.3. The normalized spacial score (nSPS) is 11.0. The maximum Gasteiger partial charge on any atom is 0.261 e. The second-order valence-electron chi connectivity index (χ2n) is 8.33. The van der Waals surface area contributed by atoms with Crippen LogP contribution in [0.4, 0.5) is 28.8 Å². The summed E-state index contributed by atoms with van der Waals surface area (Å²) in [5.74, 6) is 3.06. The molecule has 3 N–H and O–H groups in total. The van der Waals surface area contributed by atoms with Gasteiger partial charge in [0.05, 0.1) is 4.90 Å². The Morgan fingerprint density at radius 1 is 0.658 bits per heavy atom. The van der Waals surface area contributed by atoms with Crippen LogP contribution in [0.2, 0.25) is 0 Å². The number of nitrogens with one attached hydrogen (secondary N) is 3. The number of sulfonamides is 1. The number of ether oxygens (including phenoxy) is 1. The third-order valence-corrected chi connectivity index (χ3v) is 6.76. The minimum absolute atomic E-state index is 0.129. The maximum absolute atomic E-state index is 12.9. The molecule has 10 heteroatoms. The monoisotopic (exact) mass is 524 g/mol. The van der Waals surface area contributed by atoms with Crippen molar-refractivity contribution in [1.82, 2.24) is 15.0 Å². The molecular formula is C28H24N6O3S. The molecule has 0 radical (unpaired) electrons. The average Bonchev–Trinajstić information content (AvgIpc) is 2.91. The Labute approximate surface area is 220 Å². The van der Waals surface area contributed by atoms with Gasteiger partial charge in [-0.25, -0.2) is 23.4 Å². The number of para-hydroxylation sites is 1. The summed E-state index contributed by atoms with van der Waals surface area (Å²) >= 11 is 0. The molecule has 5 rings (SSSR count). The fourth-order valence-corrected chi connectivity index (χ4v) is 4.58. The molecule has 0 amide bonds. The number of hydrogen-bond acceptors (Lipinski definition) is 8. The summed E-state index contributed by atoms with van der Waals surface area (Å²) in [5.41, 5.74) is 2.24. The first-order valence-electron chi connectivity index (χ1n) is 11.7. The summed E-state index contributed by atoms with van der Waals surface area (Å²) in [4.78, 5) is 12.9. The number of pyridine rings is 1. The van der Waals surface area contributed by atoms with E-state index in [1.165, 1.54) is 18.5 Å². The molecule has 0 aliphatic carbocycles. The van der Waals surface area contributed by atoms with Crippen molar-refractivity contribution >= 4 is 38.9 Å². The molecule has 2 aromatic heterocycles. The van der Waals surface area contributed by atoms with Crippen molar-refractivity contribution in [2.75, 3.05) is 15.4 Å². The third kappa shape index (κ3) is 6.42. The van der Waals surface area contributed by atoms with Crippen LogP contribution in [0.5, 0.6) is 11.5 Å². The number of hydrogen-bond donors (Lipinski definition) is 3. The molecule has 0 saturated heterocycles. The summed E-state index contributed by atoms with van der Waals surface area (Å²) in [6.07, 6.45) is 3.17. The molecule has 0 spiro atoms. The Morgan fingerprint density at radius 3 is 2.00 bits per heavy atom. The molecule has 9 nitrogen and oxygen atoms in total. The van der Waals surface area contributed by atoms with E-state index in [2.05, 4.69) is 30.3 Å². The van der Waals surface area contributed by atoms with Crippen LogP contribution in [-0.2, 0) is 10.0 Å². The lowest BCUT2D eigenvalue weighted by Crippen LogP contribution is -2.12. The quantitative estimate of drug-likeness (QED) is 0.207. The first kappa shape index (κ1) is 24.7. The van der Waals surface area contributed by atoms with Gasteiger partial charge < -0.3 is 15.4 Å². The Hall–Kier alpha value is -4.96. The molecule has 2 heterocycles. The minimum atomic E-state index is -3.77. The maximum atomic E-state index is 12.9. The number of nitrogens with zero attached hydrogens (tertiary/aromatic N) is 3. The van der Waals surface area contributed by atoms with Gasteiger partial charge in [-0.05, 0) is 85.3 Å². The van der Waals surface area contributed by atoms with E-state index in [1.54, 1.807) is 48.7 Å². The van der Waals surface area contributed by atoms with Crippen molar-refractivity contribution in [1.29, 1.82) is 0 Å². The van der Waals surface area contributed by atoms with Gasteiger partial charge in [0.2, 0.25) is 0 Å². The second-order valence-corrected chi connectivity index (χ2v) is 10.0. The van der Waals surface area contributed by atoms with Gasteiger partial charge in [-0.2, -0.15) is 0 Å². The molecule has 0 aliphatic heterocycles. The highest BCUT2D eigenvalue weighted by molar-refractivity contribution is 7.92. The first-order valence-corrected chi connectivity index (χ1v) is 13.2. The molecule has 190 valence electrons. The second kappa shape index (κ2) is 11.0. The van der Waals surface area contributed by atoms with Gasteiger partial charge >= 0.3 is 0 Å². The third-order valence-electron chi connectivity index (χ3n) is 5.36. The van der Waals surface area contributed by atoms with Crippen molar-refractivity contribution in [3.05, 3.63) is 115 Å². The van der Waals surface area contributed by atoms with Crippen LogP contribution in [-0.4, -0.2) is 23.4 Å². The van der Waals surface area contributed by atoms with Crippen molar-refractivity contribution in [2.45, 2.75) is 11.8 Å². The zero-order valence-electron chi connectivity index (χ0n) is 20.4. The van der Waals surface area contributed by atoms with Crippen molar-refractivity contribution in [3.63, 3.8) is 0 Å². The van der Waals surface area contributed by atoms with Gasteiger partial charge in [-0.15, -0.1) is 0 Å². The zero-order chi connectivity index (χ0) is 26.4. The standard InChI is InChI=1S/C28H24N6O3S/c1-20-15-16-29-26(17-20)33-28-18-27(30-19-31-28)32-21-7-9-22(10-8-21)34-38(35,36)25-13-11-24(12-14-25)37-23-5-3-2-4-6-23/h2-19,34H,1H3,(H2,29,30,31,32,33). The number of rotatable bonds is 9. The molecule has 5 aromatic rings. The molecule has 3 aromatic carbocycles. The summed E-state index contributed by atoms with van der Waals surface area (Å²) < 4.78 is 34.0. The largest absolute Gasteiger partial charge is 0.457 e. The fraction of sp³-hybridized carbons (Fsp3) is 0.0357. The minimum Gasteiger partial charge on any atom is -0.457 e. The Bertz CT molecular complexity index is 1630. The highest BCUT2D eigenvalue weighted by Crippen LogP contribution is 2.25. The molecule has 0 aliphatic rings. The van der Waals surface area contributed by atoms with E-state index in [0.29, 0.717) is 34.6 Å². The first-order chi connectivity index (χ1) is 18.4. The van der Waals surface area contributed by atoms with Crippen molar-refractivity contribution in [2.24, 2.45) is 0 Å². The summed E-state index contributed by atoms with van der Waals surface area (Å²) in [5, 5.41) is 6.34. The van der Waals surface area contributed by atoms with Gasteiger partial charge in [-0.1, -0.05) is 18.2 Å². The molecule has 38 heavy (non-hydrogen) atoms. The smallest absolute Gasteiger partial charge is 0.261 e. The van der Waals surface area contributed by atoms with Crippen LogP contribution >= 0.6 is 0 Å². The van der Waals surface area contributed by atoms with Crippen LogP contribution < -0.4 is 20.1 Å². The average molecular weight is 525 g/mol. The topological polar surface area (TPSA) is 118 Å². The van der Waals surface area contributed by atoms with E-state index in [1.807, 2.05) is 49.4 Å². The van der Waals surface area contributed by atoms with Crippen LogP contribution in [0.3, 0.4) is 0 Å². The predicted octanol–water partition coefficient (Wildman–Crippen LogP) is 6.26. The molecular weight excluding hydrogens is 500 g/mol. The Kier molecular flexibility index (Phi) is 7.14. The lowest BCUT2D eigenvalue weighted by molar-refractivity contribution is 0.482. The van der Waals surface area contributed by atoms with E-state index >= 15 is 0 Å². The number of anilines is 5. The number of aryl methyl sites for hydroxylation is 1. The summed E-state index contributed by atoms with van der Waals surface area (Å²) in [7, 11) is -3.77.